The third-order valence-corrected chi connectivity index (χ3v) is 5.62. The van der Waals surface area contributed by atoms with E-state index in [-0.39, 0.29) is 27.7 Å². The Morgan fingerprint density at radius 1 is 1.31 bits per heavy atom. The van der Waals surface area contributed by atoms with Gasteiger partial charge >= 0.3 is 5.97 Å². The maximum absolute atomic E-state index is 12.9. The molecule has 0 aliphatic rings. The van der Waals surface area contributed by atoms with E-state index in [9.17, 15) is 18.5 Å². The van der Waals surface area contributed by atoms with Crippen molar-refractivity contribution in [3.8, 4) is 6.07 Å². The molecule has 0 radical (unpaired) electrons. The number of hydrogen-bond donors (Lipinski definition) is 0. The van der Waals surface area contributed by atoms with Crippen molar-refractivity contribution >= 4 is 21.3 Å². The van der Waals surface area contributed by atoms with Crippen molar-refractivity contribution in [2.24, 2.45) is 0 Å². The van der Waals surface area contributed by atoms with Crippen molar-refractivity contribution in [3.05, 3.63) is 59.3 Å². The third-order valence-electron chi connectivity index (χ3n) is 3.92. The van der Waals surface area contributed by atoms with E-state index in [0.29, 0.717) is 11.1 Å². The van der Waals surface area contributed by atoms with Crippen molar-refractivity contribution < 1.29 is 17.9 Å². The molecule has 2 aromatic heterocycles. The largest absolute Gasteiger partial charge is 0.462 e. The lowest BCUT2D eigenvalue weighted by atomic mass is 10.2. The number of fused-ring (bicyclic) bond motifs is 1. The monoisotopic (exact) mass is 369 g/mol. The zero-order valence-electron chi connectivity index (χ0n) is 14.1. The lowest BCUT2D eigenvalue weighted by molar-refractivity contribution is 0.0525. The van der Waals surface area contributed by atoms with E-state index >= 15 is 0 Å². The molecule has 1 aromatic carbocycles. The van der Waals surface area contributed by atoms with Gasteiger partial charge in [-0.15, -0.1) is 0 Å². The molecule has 3 aromatic rings. The topological polar surface area (TPSA) is 102 Å². The molecule has 0 saturated heterocycles. The Morgan fingerprint density at radius 3 is 2.62 bits per heavy atom. The van der Waals surface area contributed by atoms with Crippen LogP contribution in [-0.2, 0) is 14.6 Å². The number of hydrogen-bond acceptors (Lipinski definition) is 6. The molecule has 7 nitrogen and oxygen atoms in total. The molecule has 3 rings (SSSR count). The van der Waals surface area contributed by atoms with Crippen LogP contribution in [0.25, 0.3) is 5.52 Å². The number of benzene rings is 1. The van der Waals surface area contributed by atoms with E-state index in [1.165, 1.54) is 28.9 Å². The zero-order valence-corrected chi connectivity index (χ0v) is 14.9. The molecular formula is C18H15N3O4S. The van der Waals surface area contributed by atoms with E-state index in [4.69, 9.17) is 4.74 Å². The minimum atomic E-state index is -3.98. The van der Waals surface area contributed by atoms with Crippen LogP contribution in [0.3, 0.4) is 0 Å². The molecular weight excluding hydrogens is 354 g/mol. The van der Waals surface area contributed by atoms with Gasteiger partial charge in [0.15, 0.2) is 5.03 Å². The summed E-state index contributed by atoms with van der Waals surface area (Å²) >= 11 is 0. The first-order valence-corrected chi connectivity index (χ1v) is 9.28. The number of nitriles is 1. The van der Waals surface area contributed by atoms with Crippen molar-refractivity contribution in [1.82, 2.24) is 9.61 Å². The van der Waals surface area contributed by atoms with Crippen LogP contribution in [0.2, 0.25) is 0 Å². The Bertz CT molecular complexity index is 1140. The number of ether oxygens (including phenoxy) is 1. The van der Waals surface area contributed by atoms with Crippen molar-refractivity contribution in [2.45, 2.75) is 23.8 Å². The standard InChI is InChI=1S/C18H15N3O4S/c1-3-25-18(22)15-11-21-16(12(15)2)9-13(10-19)17(20-21)26(23,24)14-7-5-4-6-8-14/h4-9,11H,3H2,1-2H3. The molecule has 132 valence electrons. The van der Waals surface area contributed by atoms with Crippen molar-refractivity contribution in [3.63, 3.8) is 0 Å². The van der Waals surface area contributed by atoms with Crippen LogP contribution in [0.4, 0.5) is 0 Å². The number of nitrogens with zero attached hydrogens (tertiary/aromatic N) is 3. The van der Waals surface area contributed by atoms with Gasteiger partial charge in [0.1, 0.15) is 6.07 Å². The maximum Gasteiger partial charge on any atom is 0.340 e. The third kappa shape index (κ3) is 2.82. The zero-order chi connectivity index (χ0) is 18.9. The predicted molar refractivity (Wildman–Crippen MR) is 92.5 cm³/mol. The van der Waals surface area contributed by atoms with Gasteiger partial charge in [0.05, 0.1) is 28.1 Å². The number of carbonyl (C=O) groups excluding carboxylic acids is 1. The second-order valence-electron chi connectivity index (χ2n) is 5.51. The molecule has 0 fully saturated rings. The van der Waals surface area contributed by atoms with Gasteiger partial charge in [-0.3, -0.25) is 0 Å². The molecule has 8 heteroatoms. The normalized spacial score (nSPS) is 11.3. The summed E-state index contributed by atoms with van der Waals surface area (Å²) in [5.41, 5.74) is 1.23. The number of esters is 1. The maximum atomic E-state index is 12.9. The first-order valence-electron chi connectivity index (χ1n) is 7.80. The highest BCUT2D eigenvalue weighted by molar-refractivity contribution is 7.91. The minimum absolute atomic E-state index is 0.0397. The van der Waals surface area contributed by atoms with Gasteiger partial charge in [-0.25, -0.2) is 17.7 Å². The molecule has 2 heterocycles. The summed E-state index contributed by atoms with van der Waals surface area (Å²) < 4.78 is 32.0. The molecule has 0 saturated carbocycles. The highest BCUT2D eigenvalue weighted by Crippen LogP contribution is 2.25. The lowest BCUT2D eigenvalue weighted by Crippen LogP contribution is -2.10. The number of rotatable bonds is 4. The van der Waals surface area contributed by atoms with Crippen molar-refractivity contribution in [1.29, 1.82) is 5.26 Å². The van der Waals surface area contributed by atoms with Crippen LogP contribution >= 0.6 is 0 Å². The van der Waals surface area contributed by atoms with Gasteiger partial charge in [0.25, 0.3) is 0 Å². The van der Waals surface area contributed by atoms with Crippen LogP contribution in [0, 0.1) is 18.3 Å². The molecule has 0 aliphatic carbocycles. The summed E-state index contributed by atoms with van der Waals surface area (Å²) in [7, 11) is -3.98. The van der Waals surface area contributed by atoms with Crippen LogP contribution in [0.15, 0.2) is 52.5 Å². The van der Waals surface area contributed by atoms with E-state index in [0.717, 1.165) is 0 Å². The summed E-state index contributed by atoms with van der Waals surface area (Å²) in [6.07, 6.45) is 1.41. The van der Waals surface area contributed by atoms with Gasteiger partial charge in [0.2, 0.25) is 9.84 Å². The fourth-order valence-electron chi connectivity index (χ4n) is 2.61. The Balaban J connectivity index is 2.25. The van der Waals surface area contributed by atoms with E-state index < -0.39 is 15.8 Å². The smallest absolute Gasteiger partial charge is 0.340 e. The van der Waals surface area contributed by atoms with E-state index in [1.54, 1.807) is 32.0 Å². The summed E-state index contributed by atoms with van der Waals surface area (Å²) in [6, 6.07) is 11.1. The fraction of sp³-hybridized carbons (Fsp3) is 0.167. The summed E-state index contributed by atoms with van der Waals surface area (Å²) in [4.78, 5) is 12.1. The molecule has 0 amide bonds. The quantitative estimate of drug-likeness (QED) is 0.655. The number of aryl methyl sites for hydroxylation is 1. The molecule has 0 atom stereocenters. The Morgan fingerprint density at radius 2 is 2.00 bits per heavy atom. The average Bonchev–Trinajstić information content (AvgIpc) is 2.97. The number of aromatic nitrogens is 2. The first-order chi connectivity index (χ1) is 12.4. The van der Waals surface area contributed by atoms with Crippen LogP contribution in [0.5, 0.6) is 0 Å². The minimum Gasteiger partial charge on any atom is -0.462 e. The van der Waals surface area contributed by atoms with Gasteiger partial charge in [-0.1, -0.05) is 18.2 Å². The Hall–Kier alpha value is -3.18. The summed E-state index contributed by atoms with van der Waals surface area (Å²) in [5, 5.41) is 13.2. The average molecular weight is 369 g/mol. The van der Waals surface area contributed by atoms with Gasteiger partial charge in [-0.05, 0) is 37.6 Å². The highest BCUT2D eigenvalue weighted by Gasteiger charge is 2.26. The molecule has 26 heavy (non-hydrogen) atoms. The molecule has 0 spiro atoms. The van der Waals surface area contributed by atoms with Gasteiger partial charge < -0.3 is 4.74 Å². The van der Waals surface area contributed by atoms with Gasteiger partial charge in [-0.2, -0.15) is 10.4 Å². The Labute approximate surface area is 150 Å². The predicted octanol–water partition coefficient (Wildman–Crippen LogP) is 2.52. The second kappa shape index (κ2) is 6.61. The van der Waals surface area contributed by atoms with Crippen LogP contribution in [-0.4, -0.2) is 30.6 Å². The SMILES string of the molecule is CCOC(=O)c1cn2nc(S(=O)(=O)c3ccccc3)c(C#N)cc2c1C. The van der Waals surface area contributed by atoms with Gasteiger partial charge in [0, 0.05) is 6.20 Å². The highest BCUT2D eigenvalue weighted by atomic mass is 32.2. The molecule has 0 aliphatic heterocycles. The van der Waals surface area contributed by atoms with Crippen LogP contribution in [0.1, 0.15) is 28.4 Å². The van der Waals surface area contributed by atoms with E-state index in [1.807, 2.05) is 6.07 Å². The lowest BCUT2D eigenvalue weighted by Gasteiger charge is -2.06. The first kappa shape index (κ1) is 17.6. The Kier molecular flexibility index (Phi) is 4.49. The van der Waals surface area contributed by atoms with E-state index in [2.05, 4.69) is 5.10 Å². The summed E-state index contributed by atoms with van der Waals surface area (Å²) in [5.74, 6) is -0.526. The molecule has 0 bridgehead atoms. The van der Waals surface area contributed by atoms with Crippen LogP contribution < -0.4 is 0 Å². The molecule has 0 unspecified atom stereocenters. The number of sulfone groups is 1. The molecule has 0 N–H and O–H groups in total. The number of carbonyl (C=O) groups is 1. The van der Waals surface area contributed by atoms with Crippen molar-refractivity contribution in [2.75, 3.05) is 6.61 Å². The summed E-state index contributed by atoms with van der Waals surface area (Å²) in [6.45, 7) is 3.60. The second-order valence-corrected chi connectivity index (χ2v) is 7.37. The fourth-order valence-corrected chi connectivity index (χ4v) is 3.94.